The molecular formula is C60H38. The third kappa shape index (κ3) is 5.39. The van der Waals surface area contributed by atoms with E-state index in [1.165, 1.54) is 120 Å². The maximum Gasteiger partial charge on any atom is -0.00199 e. The summed E-state index contributed by atoms with van der Waals surface area (Å²) in [7, 11) is 0. The van der Waals surface area contributed by atoms with E-state index in [4.69, 9.17) is 0 Å². The number of fused-ring (bicyclic) bond motifs is 6. The average Bonchev–Trinajstić information content (AvgIpc) is 3.32. The Morgan fingerprint density at radius 3 is 1.02 bits per heavy atom. The van der Waals surface area contributed by atoms with E-state index in [0.717, 1.165) is 0 Å². The zero-order valence-electron chi connectivity index (χ0n) is 32.9. The van der Waals surface area contributed by atoms with Crippen LogP contribution in [0.3, 0.4) is 0 Å². The van der Waals surface area contributed by atoms with Gasteiger partial charge in [0.1, 0.15) is 0 Å². The van der Waals surface area contributed by atoms with Crippen LogP contribution in [0.5, 0.6) is 0 Å². The highest BCUT2D eigenvalue weighted by Gasteiger charge is 2.22. The Balaban J connectivity index is 1.18. The van der Waals surface area contributed by atoms with Crippen LogP contribution < -0.4 is 0 Å². The maximum atomic E-state index is 2.50. The van der Waals surface area contributed by atoms with Gasteiger partial charge in [-0.25, -0.2) is 0 Å². The van der Waals surface area contributed by atoms with Crippen LogP contribution in [-0.4, -0.2) is 0 Å². The molecule has 0 radical (unpaired) electrons. The number of hydrogen-bond acceptors (Lipinski definition) is 0. The molecule has 0 saturated carbocycles. The van der Waals surface area contributed by atoms with Crippen molar-refractivity contribution in [3.8, 4) is 55.6 Å². The molecule has 60 heavy (non-hydrogen) atoms. The van der Waals surface area contributed by atoms with E-state index in [-0.39, 0.29) is 0 Å². The summed E-state index contributed by atoms with van der Waals surface area (Å²) >= 11 is 0. The smallest absolute Gasteiger partial charge is 0.00199 e. The van der Waals surface area contributed by atoms with Gasteiger partial charge >= 0.3 is 0 Å². The predicted molar refractivity (Wildman–Crippen MR) is 259 cm³/mol. The summed E-state index contributed by atoms with van der Waals surface area (Å²) < 4.78 is 0. The molecule has 0 aliphatic heterocycles. The molecule has 12 aromatic rings. The molecule has 0 saturated heterocycles. The van der Waals surface area contributed by atoms with Crippen LogP contribution in [0.4, 0.5) is 0 Å². The molecule has 0 bridgehead atoms. The first kappa shape index (κ1) is 34.3. The van der Waals surface area contributed by atoms with Gasteiger partial charge < -0.3 is 0 Å². The number of rotatable bonds is 5. The summed E-state index contributed by atoms with van der Waals surface area (Å²) in [5.74, 6) is 0. The van der Waals surface area contributed by atoms with Crippen LogP contribution in [0.15, 0.2) is 231 Å². The second-order valence-electron chi connectivity index (χ2n) is 15.9. The van der Waals surface area contributed by atoms with Gasteiger partial charge in [0.15, 0.2) is 0 Å². The summed E-state index contributed by atoms with van der Waals surface area (Å²) in [5, 5.41) is 15.0. The molecule has 0 aromatic heterocycles. The quantitative estimate of drug-likeness (QED) is 0.153. The van der Waals surface area contributed by atoms with Crippen LogP contribution in [0.1, 0.15) is 0 Å². The van der Waals surface area contributed by atoms with Gasteiger partial charge in [-0.05, 0) is 126 Å². The molecule has 0 aliphatic rings. The van der Waals surface area contributed by atoms with E-state index >= 15 is 0 Å². The summed E-state index contributed by atoms with van der Waals surface area (Å²) in [6.07, 6.45) is 0. The minimum absolute atomic E-state index is 1.21. The Morgan fingerprint density at radius 2 is 0.500 bits per heavy atom. The van der Waals surface area contributed by atoms with E-state index in [1.54, 1.807) is 0 Å². The molecule has 0 heterocycles. The van der Waals surface area contributed by atoms with Crippen molar-refractivity contribution in [2.75, 3.05) is 0 Å². The number of benzene rings is 12. The Hall–Kier alpha value is -7.80. The summed E-state index contributed by atoms with van der Waals surface area (Å²) in [4.78, 5) is 0. The Morgan fingerprint density at radius 1 is 0.167 bits per heavy atom. The maximum absolute atomic E-state index is 2.50. The van der Waals surface area contributed by atoms with Crippen LogP contribution in [0, 0.1) is 0 Å². The predicted octanol–water partition coefficient (Wildman–Crippen LogP) is 16.9. The van der Waals surface area contributed by atoms with Crippen molar-refractivity contribution in [1.29, 1.82) is 0 Å². The molecule has 12 aromatic carbocycles. The average molecular weight is 759 g/mol. The third-order valence-electron chi connectivity index (χ3n) is 12.6. The van der Waals surface area contributed by atoms with E-state index in [9.17, 15) is 0 Å². The zero-order chi connectivity index (χ0) is 39.6. The minimum Gasteiger partial charge on any atom is -0.0622 e. The van der Waals surface area contributed by atoms with Crippen LogP contribution in [0.25, 0.3) is 120 Å². The van der Waals surface area contributed by atoms with Gasteiger partial charge in [-0.1, -0.05) is 224 Å². The molecule has 0 heteroatoms. The van der Waals surface area contributed by atoms with Crippen molar-refractivity contribution in [3.63, 3.8) is 0 Å². The van der Waals surface area contributed by atoms with E-state index in [2.05, 4.69) is 231 Å². The second kappa shape index (κ2) is 13.9. The van der Waals surface area contributed by atoms with Crippen molar-refractivity contribution >= 4 is 64.6 Å². The van der Waals surface area contributed by atoms with Gasteiger partial charge in [0.25, 0.3) is 0 Å². The molecule has 278 valence electrons. The van der Waals surface area contributed by atoms with Crippen molar-refractivity contribution in [2.45, 2.75) is 0 Å². The molecule has 0 fully saturated rings. The summed E-state index contributed by atoms with van der Waals surface area (Å²) in [6.45, 7) is 0. The largest absolute Gasteiger partial charge is 0.0622 e. The molecule has 0 spiro atoms. The van der Waals surface area contributed by atoms with E-state index in [1.807, 2.05) is 0 Å². The van der Waals surface area contributed by atoms with Crippen LogP contribution in [0.2, 0.25) is 0 Å². The molecule has 0 N–H and O–H groups in total. The normalized spacial score (nSPS) is 11.7. The van der Waals surface area contributed by atoms with Gasteiger partial charge in [0.05, 0.1) is 0 Å². The fourth-order valence-electron chi connectivity index (χ4n) is 10.0. The summed E-state index contributed by atoms with van der Waals surface area (Å²) in [6, 6.07) is 85.2. The first-order valence-electron chi connectivity index (χ1n) is 20.8. The molecule has 0 atom stereocenters. The first-order chi connectivity index (χ1) is 29.8. The number of hydrogen-bond donors (Lipinski definition) is 0. The van der Waals surface area contributed by atoms with Crippen molar-refractivity contribution < 1.29 is 0 Å². The Labute approximate surface area is 349 Å². The van der Waals surface area contributed by atoms with Crippen molar-refractivity contribution in [3.05, 3.63) is 231 Å². The van der Waals surface area contributed by atoms with Gasteiger partial charge in [-0.15, -0.1) is 0 Å². The fraction of sp³-hybridized carbons (Fsp3) is 0. The minimum atomic E-state index is 1.21. The highest BCUT2D eigenvalue weighted by atomic mass is 14.2. The lowest BCUT2D eigenvalue weighted by atomic mass is 9.81. The Bertz CT molecular complexity index is 3560. The molecule has 12 rings (SSSR count). The highest BCUT2D eigenvalue weighted by molar-refractivity contribution is 6.27. The van der Waals surface area contributed by atoms with Crippen molar-refractivity contribution in [2.24, 2.45) is 0 Å². The van der Waals surface area contributed by atoms with Gasteiger partial charge in [0, 0.05) is 0 Å². The lowest BCUT2D eigenvalue weighted by molar-refractivity contribution is 1.61. The van der Waals surface area contributed by atoms with Crippen LogP contribution >= 0.6 is 0 Å². The fourth-order valence-corrected chi connectivity index (χ4v) is 10.0. The topological polar surface area (TPSA) is 0 Å². The highest BCUT2D eigenvalue weighted by Crippen LogP contribution is 2.49. The Kier molecular flexibility index (Phi) is 7.96. The van der Waals surface area contributed by atoms with Gasteiger partial charge in [-0.2, -0.15) is 0 Å². The molecule has 0 aliphatic carbocycles. The monoisotopic (exact) mass is 758 g/mol. The standard InChI is InChI=1S/C60H38/c1-2-16-39(17-3-1)40-32-34-43(35-33-40)57-49-24-8-10-26-51(49)58(52-27-11-9-25-50(52)57)44-36-37-55-56(38-44)60(48-31-15-21-42-19-5-7-23-46(42)48)54-29-13-12-28-53(54)59(55)47-30-14-20-41-18-4-6-22-45(41)47/h1-38H. The van der Waals surface area contributed by atoms with Crippen molar-refractivity contribution in [1.82, 2.24) is 0 Å². The zero-order valence-corrected chi connectivity index (χ0v) is 32.9. The first-order valence-corrected chi connectivity index (χ1v) is 20.8. The molecule has 0 amide bonds. The second-order valence-corrected chi connectivity index (χ2v) is 15.9. The van der Waals surface area contributed by atoms with E-state index < -0.39 is 0 Å². The summed E-state index contributed by atoms with van der Waals surface area (Å²) in [5.41, 5.74) is 12.5. The lowest BCUT2D eigenvalue weighted by Gasteiger charge is -2.22. The van der Waals surface area contributed by atoms with Gasteiger partial charge in [-0.3, -0.25) is 0 Å². The van der Waals surface area contributed by atoms with Crippen LogP contribution in [-0.2, 0) is 0 Å². The molecular weight excluding hydrogens is 721 g/mol. The third-order valence-corrected chi connectivity index (χ3v) is 12.6. The molecule has 0 nitrogen and oxygen atoms in total. The molecule has 0 unspecified atom stereocenters. The van der Waals surface area contributed by atoms with Gasteiger partial charge in [0.2, 0.25) is 0 Å². The SMILES string of the molecule is c1ccc(-c2ccc(-c3c4ccccc4c(-c4ccc5c(-c6cccc7ccccc67)c6ccccc6c(-c6cccc7ccccc67)c5c4)c4ccccc34)cc2)cc1. The van der Waals surface area contributed by atoms with E-state index in [0.29, 0.717) is 0 Å². The lowest BCUT2D eigenvalue weighted by Crippen LogP contribution is -1.94.